The van der Waals surface area contributed by atoms with Crippen LogP contribution in [0.1, 0.15) is 11.1 Å². The number of halogens is 1. The smallest absolute Gasteiger partial charge is 0.265 e. The summed E-state index contributed by atoms with van der Waals surface area (Å²) in [6, 6.07) is 21.6. The Hall–Kier alpha value is -3.98. The number of hydrogen-bond donors (Lipinski definition) is 1. The first kappa shape index (κ1) is 21.8. The second-order valence-electron chi connectivity index (χ2n) is 7.58. The highest BCUT2D eigenvalue weighted by Crippen LogP contribution is 2.29. The van der Waals surface area contributed by atoms with Gasteiger partial charge in [0.1, 0.15) is 12.1 Å². The van der Waals surface area contributed by atoms with Crippen LogP contribution in [0.3, 0.4) is 0 Å². The van der Waals surface area contributed by atoms with Gasteiger partial charge in [0.2, 0.25) is 0 Å². The van der Waals surface area contributed by atoms with Crippen LogP contribution in [-0.2, 0) is 13.7 Å². The Labute approximate surface area is 204 Å². The molecule has 0 aliphatic heterocycles. The molecule has 2 aromatic heterocycles. The van der Waals surface area contributed by atoms with Gasteiger partial charge >= 0.3 is 0 Å². The molecule has 1 N–H and O–H groups in total. The fourth-order valence-electron chi connectivity index (χ4n) is 3.66. The number of anilines is 1. The van der Waals surface area contributed by atoms with E-state index in [-0.39, 0.29) is 0 Å². The monoisotopic (exact) mass is 516 g/mol. The van der Waals surface area contributed by atoms with Crippen LogP contribution < -0.4 is 14.9 Å². The van der Waals surface area contributed by atoms with E-state index in [0.717, 1.165) is 37.7 Å². The van der Waals surface area contributed by atoms with Gasteiger partial charge in [-0.15, -0.1) is 10.2 Å². The van der Waals surface area contributed by atoms with E-state index in [1.54, 1.807) is 13.3 Å². The molecule has 9 heteroatoms. The van der Waals surface area contributed by atoms with Gasteiger partial charge in [-0.2, -0.15) is 10.1 Å². The lowest BCUT2D eigenvalue weighted by molar-refractivity contribution is 0.284. The lowest BCUT2D eigenvalue weighted by Gasteiger charge is -2.11. The second kappa shape index (κ2) is 9.48. The highest BCUT2D eigenvalue weighted by Gasteiger charge is 2.13. The Kier molecular flexibility index (Phi) is 6.09. The zero-order valence-corrected chi connectivity index (χ0v) is 20.2. The summed E-state index contributed by atoms with van der Waals surface area (Å²) in [5.41, 5.74) is 7.27. The maximum atomic E-state index is 5.91. The molecular formula is C25H21BrN6O2. The van der Waals surface area contributed by atoms with Crippen LogP contribution in [0.2, 0.25) is 0 Å². The first-order chi connectivity index (χ1) is 16.6. The van der Waals surface area contributed by atoms with Crippen LogP contribution in [0, 0.1) is 0 Å². The van der Waals surface area contributed by atoms with Gasteiger partial charge in [-0.25, -0.2) is 5.43 Å². The summed E-state index contributed by atoms with van der Waals surface area (Å²) < 4.78 is 14.4. The van der Waals surface area contributed by atoms with Gasteiger partial charge in [0, 0.05) is 16.9 Å². The van der Waals surface area contributed by atoms with Gasteiger partial charge < -0.3 is 14.0 Å². The summed E-state index contributed by atoms with van der Waals surface area (Å²) in [7, 11) is 3.56. The van der Waals surface area contributed by atoms with Crippen LogP contribution in [0.5, 0.6) is 11.5 Å². The Balaban J connectivity index is 1.31. The second-order valence-corrected chi connectivity index (χ2v) is 8.50. The van der Waals surface area contributed by atoms with Crippen molar-refractivity contribution in [2.75, 3.05) is 12.5 Å². The van der Waals surface area contributed by atoms with Crippen molar-refractivity contribution in [3.05, 3.63) is 82.3 Å². The molecule has 0 bridgehead atoms. The third-order valence-electron chi connectivity index (χ3n) is 5.36. The van der Waals surface area contributed by atoms with Gasteiger partial charge in [0.25, 0.3) is 5.95 Å². The normalized spacial score (nSPS) is 11.4. The molecule has 0 aliphatic rings. The predicted octanol–water partition coefficient (Wildman–Crippen LogP) is 5.31. The molecule has 0 saturated carbocycles. The summed E-state index contributed by atoms with van der Waals surface area (Å²) in [5, 5.41) is 13.8. The van der Waals surface area contributed by atoms with Crippen molar-refractivity contribution in [1.82, 2.24) is 19.7 Å². The van der Waals surface area contributed by atoms with Gasteiger partial charge in [-0.05, 0) is 47.5 Å². The minimum Gasteiger partial charge on any atom is -0.493 e. The molecule has 170 valence electrons. The average Bonchev–Trinajstić information content (AvgIpc) is 3.14. The maximum Gasteiger partial charge on any atom is 0.265 e. The molecular weight excluding hydrogens is 496 g/mol. The maximum absolute atomic E-state index is 5.91. The van der Waals surface area contributed by atoms with E-state index in [0.29, 0.717) is 24.1 Å². The van der Waals surface area contributed by atoms with Crippen molar-refractivity contribution in [3.63, 3.8) is 0 Å². The van der Waals surface area contributed by atoms with Gasteiger partial charge in [0.05, 0.1) is 18.8 Å². The Morgan fingerprint density at radius 1 is 1.03 bits per heavy atom. The SMILES string of the molecule is COc1cc(/C=N/Nc2nnc3c4cc(Br)ccc4n(C)c3n2)ccc1OCc1ccccc1. The molecule has 0 amide bonds. The van der Waals surface area contributed by atoms with Gasteiger partial charge in [0.15, 0.2) is 17.1 Å². The molecule has 0 radical (unpaired) electrons. The highest BCUT2D eigenvalue weighted by atomic mass is 79.9. The molecule has 0 spiro atoms. The number of hydrazone groups is 1. The number of hydrogen-bond acceptors (Lipinski definition) is 7. The molecule has 3 aromatic carbocycles. The summed E-state index contributed by atoms with van der Waals surface area (Å²) in [6.45, 7) is 0.462. The van der Waals surface area contributed by atoms with E-state index in [1.807, 2.05) is 78.3 Å². The Morgan fingerprint density at radius 3 is 2.71 bits per heavy atom. The zero-order valence-electron chi connectivity index (χ0n) is 18.6. The van der Waals surface area contributed by atoms with Crippen LogP contribution in [0.15, 0.2) is 76.3 Å². The molecule has 34 heavy (non-hydrogen) atoms. The Morgan fingerprint density at radius 2 is 1.88 bits per heavy atom. The van der Waals surface area contributed by atoms with E-state index >= 15 is 0 Å². The summed E-state index contributed by atoms with van der Waals surface area (Å²) in [4.78, 5) is 4.58. The number of aromatic nitrogens is 4. The number of benzene rings is 3. The van der Waals surface area contributed by atoms with Crippen molar-refractivity contribution >= 4 is 50.2 Å². The molecule has 5 aromatic rings. The van der Waals surface area contributed by atoms with E-state index in [1.165, 1.54) is 0 Å². The fourth-order valence-corrected chi connectivity index (χ4v) is 4.02. The molecule has 0 saturated heterocycles. The summed E-state index contributed by atoms with van der Waals surface area (Å²) in [5.74, 6) is 1.60. The van der Waals surface area contributed by atoms with Crippen LogP contribution in [-0.4, -0.2) is 33.1 Å². The number of aryl methyl sites for hydroxylation is 1. The lowest BCUT2D eigenvalue weighted by Crippen LogP contribution is -2.01. The van der Waals surface area contributed by atoms with Crippen molar-refractivity contribution in [3.8, 4) is 11.5 Å². The van der Waals surface area contributed by atoms with Crippen molar-refractivity contribution in [2.45, 2.75) is 6.61 Å². The molecule has 0 atom stereocenters. The number of rotatable bonds is 7. The minimum atomic E-state index is 0.309. The van der Waals surface area contributed by atoms with E-state index in [4.69, 9.17) is 9.47 Å². The third-order valence-corrected chi connectivity index (χ3v) is 5.86. The molecule has 8 nitrogen and oxygen atoms in total. The van der Waals surface area contributed by atoms with Gasteiger partial charge in [-0.3, -0.25) is 0 Å². The highest BCUT2D eigenvalue weighted by molar-refractivity contribution is 9.10. The van der Waals surface area contributed by atoms with Crippen molar-refractivity contribution in [2.24, 2.45) is 12.1 Å². The lowest BCUT2D eigenvalue weighted by atomic mass is 10.2. The molecule has 5 rings (SSSR count). The molecule has 0 aliphatic carbocycles. The average molecular weight is 517 g/mol. The van der Waals surface area contributed by atoms with E-state index in [2.05, 4.69) is 41.6 Å². The number of ether oxygens (including phenoxy) is 2. The Bertz CT molecular complexity index is 1500. The van der Waals surface area contributed by atoms with Crippen molar-refractivity contribution < 1.29 is 9.47 Å². The fraction of sp³-hybridized carbons (Fsp3) is 0.120. The number of nitrogens with one attached hydrogen (secondary N) is 1. The van der Waals surface area contributed by atoms with E-state index < -0.39 is 0 Å². The van der Waals surface area contributed by atoms with Crippen LogP contribution in [0.25, 0.3) is 22.1 Å². The summed E-state index contributed by atoms with van der Waals surface area (Å²) in [6.07, 6.45) is 1.66. The zero-order chi connectivity index (χ0) is 23.5. The largest absolute Gasteiger partial charge is 0.493 e. The number of methoxy groups -OCH3 is 1. The third kappa shape index (κ3) is 4.42. The first-order valence-corrected chi connectivity index (χ1v) is 11.3. The number of fused-ring (bicyclic) bond motifs is 3. The predicted molar refractivity (Wildman–Crippen MR) is 136 cm³/mol. The standard InChI is InChI=1S/C25H21BrN6O2/c1-32-20-10-9-18(26)13-19(20)23-24(32)28-25(31-29-23)30-27-14-17-8-11-21(22(12-17)33-2)34-15-16-6-4-3-5-7-16/h3-14H,15H2,1-2H3,(H,28,30,31)/b27-14+. The van der Waals surface area contributed by atoms with Gasteiger partial charge in [-0.1, -0.05) is 46.3 Å². The summed E-state index contributed by atoms with van der Waals surface area (Å²) >= 11 is 3.51. The molecule has 2 heterocycles. The van der Waals surface area contributed by atoms with Crippen LogP contribution >= 0.6 is 15.9 Å². The van der Waals surface area contributed by atoms with E-state index in [9.17, 15) is 0 Å². The minimum absolute atomic E-state index is 0.309. The first-order valence-electron chi connectivity index (χ1n) is 10.5. The van der Waals surface area contributed by atoms with Crippen molar-refractivity contribution in [1.29, 1.82) is 0 Å². The number of nitrogens with zero attached hydrogens (tertiary/aromatic N) is 5. The quantitative estimate of drug-likeness (QED) is 0.233. The topological polar surface area (TPSA) is 86.5 Å². The molecule has 0 fully saturated rings. The molecule has 0 unspecified atom stereocenters. The van der Waals surface area contributed by atoms with Crippen LogP contribution in [0.4, 0.5) is 5.95 Å².